The van der Waals surface area contributed by atoms with Gasteiger partial charge >= 0.3 is 0 Å². The molecule has 2 heteroatoms. The lowest BCUT2D eigenvalue weighted by Gasteiger charge is -2.35. The fourth-order valence-electron chi connectivity index (χ4n) is 4.14. The maximum absolute atomic E-state index is 5.92. The second-order valence-corrected chi connectivity index (χ2v) is 6.40. The average molecular weight is 273 g/mol. The highest BCUT2D eigenvalue weighted by Crippen LogP contribution is 2.42. The molecule has 3 atom stereocenters. The molecule has 2 nitrogen and oxygen atoms in total. The number of benzene rings is 1. The molecular weight excluding hydrogens is 246 g/mol. The van der Waals surface area contributed by atoms with Crippen molar-refractivity contribution in [3.8, 4) is 5.75 Å². The van der Waals surface area contributed by atoms with Crippen LogP contribution in [0.3, 0.4) is 0 Å². The molecule has 1 aliphatic carbocycles. The highest BCUT2D eigenvalue weighted by molar-refractivity contribution is 5.45. The number of nitrogens with one attached hydrogen (secondary N) is 1. The lowest BCUT2D eigenvalue weighted by Crippen LogP contribution is -2.29. The maximum Gasteiger partial charge on any atom is 0.127 e. The fourth-order valence-corrected chi connectivity index (χ4v) is 4.14. The van der Waals surface area contributed by atoms with Gasteiger partial charge in [-0.05, 0) is 37.3 Å². The lowest BCUT2D eigenvalue weighted by atomic mass is 9.75. The predicted octanol–water partition coefficient (Wildman–Crippen LogP) is 4.10. The Morgan fingerprint density at radius 2 is 2.25 bits per heavy atom. The van der Waals surface area contributed by atoms with E-state index in [4.69, 9.17) is 4.74 Å². The molecule has 3 unspecified atom stereocenters. The molecule has 1 aromatic carbocycles. The molecule has 1 saturated carbocycles. The van der Waals surface area contributed by atoms with E-state index in [1.54, 1.807) is 0 Å². The number of rotatable bonds is 4. The van der Waals surface area contributed by atoms with E-state index in [-0.39, 0.29) is 0 Å². The van der Waals surface area contributed by atoms with Gasteiger partial charge in [0.25, 0.3) is 0 Å². The molecule has 0 aromatic heterocycles. The second kappa shape index (κ2) is 6.17. The van der Waals surface area contributed by atoms with Gasteiger partial charge in [0.2, 0.25) is 0 Å². The summed E-state index contributed by atoms with van der Waals surface area (Å²) in [4.78, 5) is 0. The topological polar surface area (TPSA) is 21.3 Å². The minimum absolute atomic E-state index is 0.456. The molecule has 1 fully saturated rings. The first-order valence-corrected chi connectivity index (χ1v) is 8.25. The van der Waals surface area contributed by atoms with E-state index in [9.17, 15) is 0 Å². The number of fused-ring (bicyclic) bond motifs is 1. The van der Waals surface area contributed by atoms with Gasteiger partial charge < -0.3 is 10.1 Å². The Balaban J connectivity index is 1.85. The third kappa shape index (κ3) is 2.58. The van der Waals surface area contributed by atoms with E-state index in [1.165, 1.54) is 49.0 Å². The van der Waals surface area contributed by atoms with E-state index in [2.05, 4.69) is 37.5 Å². The van der Waals surface area contributed by atoms with E-state index >= 15 is 0 Å². The van der Waals surface area contributed by atoms with Crippen LogP contribution in [0.5, 0.6) is 5.75 Å². The van der Waals surface area contributed by atoms with Gasteiger partial charge in [-0.1, -0.05) is 44.4 Å². The molecule has 1 heterocycles. The van der Waals surface area contributed by atoms with Crippen LogP contribution in [-0.2, 0) is 6.42 Å². The quantitative estimate of drug-likeness (QED) is 0.892. The number of para-hydroxylation sites is 1. The van der Waals surface area contributed by atoms with Gasteiger partial charge in [0.05, 0.1) is 6.61 Å². The van der Waals surface area contributed by atoms with Crippen LogP contribution < -0.4 is 10.1 Å². The summed E-state index contributed by atoms with van der Waals surface area (Å²) in [5, 5.41) is 3.58. The third-order valence-corrected chi connectivity index (χ3v) is 5.26. The Kier molecular flexibility index (Phi) is 4.30. The molecule has 0 amide bonds. The molecule has 0 bridgehead atoms. The van der Waals surface area contributed by atoms with E-state index in [1.807, 2.05) is 0 Å². The summed E-state index contributed by atoms with van der Waals surface area (Å²) in [7, 11) is 2.11. The Hall–Kier alpha value is -1.02. The third-order valence-electron chi connectivity index (χ3n) is 5.26. The maximum atomic E-state index is 5.92. The molecular formula is C18H27NO. The van der Waals surface area contributed by atoms with Gasteiger partial charge in [-0.2, -0.15) is 0 Å². The van der Waals surface area contributed by atoms with Crippen LogP contribution in [0.25, 0.3) is 0 Å². The highest BCUT2D eigenvalue weighted by Gasteiger charge is 2.31. The molecule has 0 spiro atoms. The smallest absolute Gasteiger partial charge is 0.127 e. The molecule has 0 radical (unpaired) electrons. The summed E-state index contributed by atoms with van der Waals surface area (Å²) in [6.07, 6.45) is 7.93. The molecule has 3 rings (SSSR count). The number of hydrogen-bond acceptors (Lipinski definition) is 2. The van der Waals surface area contributed by atoms with Crippen molar-refractivity contribution in [1.29, 1.82) is 0 Å². The van der Waals surface area contributed by atoms with E-state index in [0.717, 1.165) is 24.9 Å². The van der Waals surface area contributed by atoms with Crippen molar-refractivity contribution in [3.05, 3.63) is 29.3 Å². The lowest BCUT2D eigenvalue weighted by molar-refractivity contribution is 0.211. The van der Waals surface area contributed by atoms with Crippen molar-refractivity contribution in [3.63, 3.8) is 0 Å². The first-order chi connectivity index (χ1) is 9.83. The van der Waals surface area contributed by atoms with Gasteiger partial charge in [0, 0.05) is 18.0 Å². The van der Waals surface area contributed by atoms with Crippen LogP contribution in [0.4, 0.5) is 0 Å². The van der Waals surface area contributed by atoms with Crippen molar-refractivity contribution in [2.24, 2.45) is 11.8 Å². The molecule has 1 aliphatic heterocycles. The van der Waals surface area contributed by atoms with Crippen LogP contribution in [0.15, 0.2) is 18.2 Å². The zero-order chi connectivity index (χ0) is 13.9. The Morgan fingerprint density at radius 1 is 1.35 bits per heavy atom. The van der Waals surface area contributed by atoms with Gasteiger partial charge in [-0.15, -0.1) is 0 Å². The first kappa shape index (κ1) is 13.9. The van der Waals surface area contributed by atoms with E-state index < -0.39 is 0 Å². The zero-order valence-electron chi connectivity index (χ0n) is 12.8. The summed E-state index contributed by atoms with van der Waals surface area (Å²) in [6.45, 7) is 3.19. The van der Waals surface area contributed by atoms with Crippen LogP contribution >= 0.6 is 0 Å². The molecule has 0 saturated heterocycles. The summed E-state index contributed by atoms with van der Waals surface area (Å²) in [5.74, 6) is 2.85. The molecule has 110 valence electrons. The molecule has 2 aliphatic rings. The van der Waals surface area contributed by atoms with Crippen molar-refractivity contribution in [1.82, 2.24) is 5.32 Å². The number of ether oxygens (including phenoxy) is 1. The van der Waals surface area contributed by atoms with Crippen molar-refractivity contribution in [2.45, 2.75) is 51.5 Å². The Morgan fingerprint density at radius 3 is 3.05 bits per heavy atom. The fraction of sp³-hybridized carbons (Fsp3) is 0.667. The van der Waals surface area contributed by atoms with Crippen LogP contribution in [0.2, 0.25) is 0 Å². The Labute approximate surface area is 122 Å². The largest absolute Gasteiger partial charge is 0.493 e. The summed E-state index contributed by atoms with van der Waals surface area (Å²) in [5.41, 5.74) is 2.79. The summed E-state index contributed by atoms with van der Waals surface area (Å²) < 4.78 is 5.92. The monoisotopic (exact) mass is 273 g/mol. The summed E-state index contributed by atoms with van der Waals surface area (Å²) >= 11 is 0. The van der Waals surface area contributed by atoms with Gasteiger partial charge in [0.15, 0.2) is 0 Å². The average Bonchev–Trinajstić information content (AvgIpc) is 2.97. The van der Waals surface area contributed by atoms with Crippen molar-refractivity contribution in [2.75, 3.05) is 13.7 Å². The normalized spacial score (nSPS) is 26.9. The first-order valence-electron chi connectivity index (χ1n) is 8.25. The highest BCUT2D eigenvalue weighted by atomic mass is 16.5. The van der Waals surface area contributed by atoms with Crippen LogP contribution in [0.1, 0.15) is 56.2 Å². The molecule has 20 heavy (non-hydrogen) atoms. The van der Waals surface area contributed by atoms with Crippen molar-refractivity contribution >= 4 is 0 Å². The predicted molar refractivity (Wildman–Crippen MR) is 83.2 cm³/mol. The van der Waals surface area contributed by atoms with E-state index in [0.29, 0.717) is 6.04 Å². The minimum atomic E-state index is 0.456. The Bertz CT molecular complexity index is 457. The summed E-state index contributed by atoms with van der Waals surface area (Å²) in [6, 6.07) is 7.14. The van der Waals surface area contributed by atoms with Crippen molar-refractivity contribution < 1.29 is 4.74 Å². The molecule has 1 aromatic rings. The van der Waals surface area contributed by atoms with Crippen LogP contribution in [0, 0.1) is 11.8 Å². The van der Waals surface area contributed by atoms with Crippen LogP contribution in [-0.4, -0.2) is 13.7 Å². The minimum Gasteiger partial charge on any atom is -0.493 e. The standard InChI is InChI=1S/C18H27NO/c1-3-13-6-4-8-15(12-13)17(19-2)16-9-5-7-14-10-11-20-18(14)16/h5,7,9,13,15,17,19H,3-4,6,8,10-12H2,1-2H3. The molecule has 1 N–H and O–H groups in total. The van der Waals surface area contributed by atoms with Gasteiger partial charge in [-0.3, -0.25) is 0 Å². The SMILES string of the molecule is CCC1CCCC(C(NC)c2cccc3c2OCC3)C1. The zero-order valence-corrected chi connectivity index (χ0v) is 12.8. The number of hydrogen-bond donors (Lipinski definition) is 1. The second-order valence-electron chi connectivity index (χ2n) is 6.40. The van der Waals surface area contributed by atoms with Gasteiger partial charge in [0.1, 0.15) is 5.75 Å². The van der Waals surface area contributed by atoms with Gasteiger partial charge in [-0.25, -0.2) is 0 Å².